The average molecular weight is 589 g/mol. The molecule has 0 radical (unpaired) electrons. The largest absolute Gasteiger partial charge is 0.331 e. The van der Waals surface area contributed by atoms with Gasteiger partial charge in [0.2, 0.25) is 0 Å². The molecule has 2 heteroatoms. The van der Waals surface area contributed by atoms with Gasteiger partial charge in [0.05, 0.1) is 11.2 Å². The van der Waals surface area contributed by atoms with E-state index in [-0.39, 0.29) is 11.0 Å². The first-order chi connectivity index (χ1) is 21.9. The maximum atomic E-state index is 2.52. The molecule has 0 aliphatic carbocycles. The Hall–Kier alpha value is -4.82. The number of para-hydroxylation sites is 2. The fourth-order valence-electron chi connectivity index (χ4n) is 6.43. The van der Waals surface area contributed by atoms with Gasteiger partial charge in [-0.15, -0.1) is 0 Å². The van der Waals surface area contributed by atoms with Crippen LogP contribution in [0.4, 0.5) is 28.4 Å². The molecule has 45 heavy (non-hydrogen) atoms. The summed E-state index contributed by atoms with van der Waals surface area (Å²) >= 11 is 0. The summed E-state index contributed by atoms with van der Waals surface area (Å²) in [6, 6.07) is 55.1. The lowest BCUT2D eigenvalue weighted by Crippen LogP contribution is -2.40. The first kappa shape index (κ1) is 30.2. The second-order valence-electron chi connectivity index (χ2n) is 12.8. The van der Waals surface area contributed by atoms with Gasteiger partial charge in [-0.1, -0.05) is 125 Å². The Kier molecular flexibility index (Phi) is 8.50. The summed E-state index contributed by atoms with van der Waals surface area (Å²) in [6.45, 7) is 11.6. The predicted octanol–water partition coefficient (Wildman–Crippen LogP) is 12.5. The van der Waals surface area contributed by atoms with E-state index in [4.69, 9.17) is 0 Å². The van der Waals surface area contributed by atoms with Crippen molar-refractivity contribution in [1.82, 2.24) is 0 Å². The maximum Gasteiger partial charge on any atom is 0.0671 e. The maximum absolute atomic E-state index is 2.52. The Labute approximate surface area is 269 Å². The first-order valence-corrected chi connectivity index (χ1v) is 16.2. The molecule has 0 saturated heterocycles. The highest BCUT2D eigenvalue weighted by molar-refractivity contribution is 5.99. The number of rotatable bonds is 10. The number of hydrogen-bond acceptors (Lipinski definition) is 2. The van der Waals surface area contributed by atoms with Crippen LogP contribution in [0.25, 0.3) is 10.8 Å². The van der Waals surface area contributed by atoms with Gasteiger partial charge in [0, 0.05) is 28.1 Å². The van der Waals surface area contributed by atoms with Gasteiger partial charge in [0.25, 0.3) is 0 Å². The van der Waals surface area contributed by atoms with Gasteiger partial charge < -0.3 is 9.80 Å². The molecule has 1 atom stereocenters. The highest BCUT2D eigenvalue weighted by Gasteiger charge is 2.34. The average Bonchev–Trinajstić information content (AvgIpc) is 3.10. The van der Waals surface area contributed by atoms with E-state index in [0.29, 0.717) is 0 Å². The van der Waals surface area contributed by atoms with Crippen molar-refractivity contribution >= 4 is 39.2 Å². The molecule has 0 aliphatic rings. The molecule has 0 heterocycles. The van der Waals surface area contributed by atoms with Crippen molar-refractivity contribution in [2.75, 3.05) is 9.80 Å². The molecule has 0 aromatic heterocycles. The summed E-state index contributed by atoms with van der Waals surface area (Å²) in [7, 11) is 0. The van der Waals surface area contributed by atoms with Crippen LogP contribution in [0.5, 0.6) is 0 Å². The van der Waals surface area contributed by atoms with E-state index >= 15 is 0 Å². The number of benzene rings is 6. The lowest BCUT2D eigenvalue weighted by Gasteiger charge is -2.43. The second kappa shape index (κ2) is 12.7. The highest BCUT2D eigenvalue weighted by atomic mass is 15.2. The second-order valence-corrected chi connectivity index (χ2v) is 12.8. The number of anilines is 5. The van der Waals surface area contributed by atoms with E-state index in [1.807, 2.05) is 0 Å². The van der Waals surface area contributed by atoms with Crippen LogP contribution in [0.3, 0.4) is 0 Å². The molecule has 6 rings (SSSR count). The number of hydrogen-bond donors (Lipinski definition) is 0. The van der Waals surface area contributed by atoms with Gasteiger partial charge in [-0.25, -0.2) is 0 Å². The Bertz CT molecular complexity index is 1840. The molecule has 0 aliphatic heterocycles. The van der Waals surface area contributed by atoms with E-state index in [9.17, 15) is 0 Å². The Morgan fingerprint density at radius 3 is 1.56 bits per heavy atom. The van der Waals surface area contributed by atoms with Crippen LogP contribution < -0.4 is 9.80 Å². The lowest BCUT2D eigenvalue weighted by atomic mass is 9.79. The third-order valence-corrected chi connectivity index (χ3v) is 9.76. The fraction of sp³-hybridized carbons (Fsp3) is 0.209. The molecule has 226 valence electrons. The smallest absolute Gasteiger partial charge is 0.0671 e. The summed E-state index contributed by atoms with van der Waals surface area (Å²) in [4.78, 5) is 4.88. The van der Waals surface area contributed by atoms with Gasteiger partial charge in [0.1, 0.15) is 0 Å². The molecule has 0 fully saturated rings. The van der Waals surface area contributed by atoms with Crippen LogP contribution >= 0.6 is 0 Å². The molecular formula is C43H44N2. The monoisotopic (exact) mass is 588 g/mol. The molecular weight excluding hydrogens is 544 g/mol. The van der Waals surface area contributed by atoms with Crippen molar-refractivity contribution in [3.8, 4) is 0 Å². The summed E-state index contributed by atoms with van der Waals surface area (Å²) in [5, 5.41) is 2.46. The van der Waals surface area contributed by atoms with Crippen molar-refractivity contribution in [2.24, 2.45) is 0 Å². The molecule has 0 N–H and O–H groups in total. The SMILES string of the molecule is CCC(C)(C)c1ccc(C(C)(CC)N(c2ccccc2)c2ccc(N(c3ccccc3)c3cccc4ccccc34)cc2)cc1. The summed E-state index contributed by atoms with van der Waals surface area (Å²) < 4.78 is 0. The van der Waals surface area contributed by atoms with Crippen molar-refractivity contribution in [1.29, 1.82) is 0 Å². The van der Waals surface area contributed by atoms with E-state index in [1.165, 1.54) is 33.3 Å². The van der Waals surface area contributed by atoms with Crippen LogP contribution in [0.1, 0.15) is 58.6 Å². The molecule has 0 spiro atoms. The Morgan fingerprint density at radius 1 is 0.444 bits per heavy atom. The molecule has 6 aromatic carbocycles. The molecule has 1 unspecified atom stereocenters. The van der Waals surface area contributed by atoms with E-state index in [1.54, 1.807) is 0 Å². The molecule has 0 saturated carbocycles. The molecule has 6 aromatic rings. The van der Waals surface area contributed by atoms with E-state index in [2.05, 4.69) is 196 Å². The summed E-state index contributed by atoms with van der Waals surface area (Å²) in [5.41, 5.74) is 8.37. The quantitative estimate of drug-likeness (QED) is 0.157. The topological polar surface area (TPSA) is 6.48 Å². The molecule has 2 nitrogen and oxygen atoms in total. The lowest BCUT2D eigenvalue weighted by molar-refractivity contribution is 0.462. The third-order valence-electron chi connectivity index (χ3n) is 9.76. The standard InChI is InChI=1S/C43H44N2/c1-6-42(3,4)34-25-27-35(28-26-34)43(5,7-2)45(38-21-12-9-13-22-38)39-31-29-37(30-32-39)44(36-19-10-8-11-20-36)41-24-16-18-33-17-14-15-23-40(33)41/h8-32H,6-7H2,1-5H3. The molecule has 0 amide bonds. The molecule has 0 bridgehead atoms. The van der Waals surface area contributed by atoms with E-state index < -0.39 is 0 Å². The highest BCUT2D eigenvalue weighted by Crippen LogP contribution is 2.44. The summed E-state index contributed by atoms with van der Waals surface area (Å²) in [5.74, 6) is 0. The van der Waals surface area contributed by atoms with Crippen molar-refractivity contribution < 1.29 is 0 Å². The minimum atomic E-state index is -0.257. The van der Waals surface area contributed by atoms with Crippen molar-refractivity contribution in [2.45, 2.75) is 58.4 Å². The summed E-state index contributed by atoms with van der Waals surface area (Å²) in [6.07, 6.45) is 2.06. The first-order valence-electron chi connectivity index (χ1n) is 16.2. The third kappa shape index (κ3) is 5.85. The van der Waals surface area contributed by atoms with Crippen LogP contribution in [-0.4, -0.2) is 0 Å². The Balaban J connectivity index is 1.46. The number of nitrogens with zero attached hydrogens (tertiary/aromatic N) is 2. The minimum absolute atomic E-state index is 0.158. The zero-order chi connectivity index (χ0) is 31.4. The van der Waals surface area contributed by atoms with Gasteiger partial charge in [-0.3, -0.25) is 0 Å². The number of fused-ring (bicyclic) bond motifs is 1. The van der Waals surface area contributed by atoms with Crippen molar-refractivity contribution in [3.05, 3.63) is 163 Å². The van der Waals surface area contributed by atoms with Gasteiger partial charge in [0.15, 0.2) is 0 Å². The van der Waals surface area contributed by atoms with Gasteiger partial charge in [-0.2, -0.15) is 0 Å². The minimum Gasteiger partial charge on any atom is -0.331 e. The zero-order valence-corrected chi connectivity index (χ0v) is 27.2. The van der Waals surface area contributed by atoms with Crippen LogP contribution in [0.15, 0.2) is 152 Å². The van der Waals surface area contributed by atoms with Crippen LogP contribution in [0, 0.1) is 0 Å². The Morgan fingerprint density at radius 2 is 0.933 bits per heavy atom. The predicted molar refractivity (Wildman–Crippen MR) is 195 cm³/mol. The van der Waals surface area contributed by atoms with E-state index in [0.717, 1.165) is 29.9 Å². The van der Waals surface area contributed by atoms with Crippen molar-refractivity contribution in [3.63, 3.8) is 0 Å². The van der Waals surface area contributed by atoms with Crippen LogP contribution in [-0.2, 0) is 11.0 Å². The fourth-order valence-corrected chi connectivity index (χ4v) is 6.43. The normalized spacial score (nSPS) is 12.9. The van der Waals surface area contributed by atoms with Crippen LogP contribution in [0.2, 0.25) is 0 Å². The zero-order valence-electron chi connectivity index (χ0n) is 27.2. The van der Waals surface area contributed by atoms with Gasteiger partial charge in [-0.05, 0) is 96.3 Å². The van der Waals surface area contributed by atoms with Gasteiger partial charge >= 0.3 is 0 Å².